The summed E-state index contributed by atoms with van der Waals surface area (Å²) >= 11 is 11.7. The Morgan fingerprint density at radius 3 is 2.60 bits per heavy atom. The molecule has 0 spiro atoms. The molecule has 0 bridgehead atoms. The number of hydrogen-bond acceptors (Lipinski definition) is 4. The molecule has 0 fully saturated rings. The molecule has 6 nitrogen and oxygen atoms in total. The molecule has 0 atom stereocenters. The number of benzene rings is 2. The number of hydrogen-bond donors (Lipinski definition) is 2. The molecule has 130 valence electrons. The van der Waals surface area contributed by atoms with E-state index < -0.39 is 11.8 Å². The van der Waals surface area contributed by atoms with E-state index in [1.807, 2.05) is 6.92 Å². The third-order valence-corrected chi connectivity index (χ3v) is 3.40. The van der Waals surface area contributed by atoms with Crippen molar-refractivity contribution in [3.8, 4) is 5.75 Å². The summed E-state index contributed by atoms with van der Waals surface area (Å²) < 4.78 is 5.43. The maximum absolute atomic E-state index is 11.8. The summed E-state index contributed by atoms with van der Waals surface area (Å²) in [6.45, 7) is 2.31. The first kappa shape index (κ1) is 18.8. The van der Waals surface area contributed by atoms with Crippen LogP contribution in [0.3, 0.4) is 0 Å². The second-order valence-electron chi connectivity index (χ2n) is 4.78. The van der Waals surface area contributed by atoms with Gasteiger partial charge in [0.1, 0.15) is 5.75 Å². The molecule has 0 unspecified atom stereocenters. The van der Waals surface area contributed by atoms with Crippen LogP contribution < -0.4 is 15.5 Å². The van der Waals surface area contributed by atoms with E-state index in [4.69, 9.17) is 27.9 Å². The molecule has 2 rings (SSSR count). The standard InChI is InChI=1S/C17H15Cl2N3O3/c1-2-25-15-7-6-13(19)8-11(15)10-20-22-17(24)16(23)21-14-5-3-4-12(18)9-14/h3-10H,2H2,1H3,(H,21,23)(H,22,24)/b20-10-. The molecule has 0 aromatic heterocycles. The molecule has 0 saturated heterocycles. The average molecular weight is 380 g/mol. The van der Waals surface area contributed by atoms with Gasteiger partial charge in [-0.2, -0.15) is 5.10 Å². The Balaban J connectivity index is 1.98. The molecular weight excluding hydrogens is 365 g/mol. The highest BCUT2D eigenvalue weighted by Gasteiger charge is 2.13. The lowest BCUT2D eigenvalue weighted by Gasteiger charge is -2.07. The summed E-state index contributed by atoms with van der Waals surface area (Å²) in [6, 6.07) is 11.5. The highest BCUT2D eigenvalue weighted by atomic mass is 35.5. The predicted octanol–water partition coefficient (Wildman–Crippen LogP) is 3.48. The minimum absolute atomic E-state index is 0.408. The Kier molecular flexibility index (Phi) is 6.80. The zero-order valence-corrected chi connectivity index (χ0v) is 14.8. The third-order valence-electron chi connectivity index (χ3n) is 2.93. The molecule has 0 aliphatic carbocycles. The summed E-state index contributed by atoms with van der Waals surface area (Å²) in [5.41, 5.74) is 3.12. The number of anilines is 1. The molecule has 2 amide bonds. The second-order valence-corrected chi connectivity index (χ2v) is 5.65. The quantitative estimate of drug-likeness (QED) is 0.474. The molecule has 0 radical (unpaired) electrons. The topological polar surface area (TPSA) is 79.8 Å². The number of rotatable bonds is 5. The van der Waals surface area contributed by atoms with Crippen LogP contribution in [0.1, 0.15) is 12.5 Å². The van der Waals surface area contributed by atoms with Gasteiger partial charge in [-0.25, -0.2) is 5.43 Å². The van der Waals surface area contributed by atoms with Crippen LogP contribution >= 0.6 is 23.2 Å². The molecule has 2 N–H and O–H groups in total. The fourth-order valence-electron chi connectivity index (χ4n) is 1.87. The number of hydrazone groups is 1. The molecule has 0 heterocycles. The molecule has 2 aromatic carbocycles. The summed E-state index contributed by atoms with van der Waals surface area (Å²) in [4.78, 5) is 23.6. The van der Waals surface area contributed by atoms with E-state index >= 15 is 0 Å². The average Bonchev–Trinajstić information content (AvgIpc) is 2.57. The Morgan fingerprint density at radius 2 is 1.88 bits per heavy atom. The maximum atomic E-state index is 11.8. The lowest BCUT2D eigenvalue weighted by Crippen LogP contribution is -2.32. The Hall–Kier alpha value is -2.57. The third kappa shape index (κ3) is 5.77. The largest absolute Gasteiger partial charge is 0.493 e. The van der Waals surface area contributed by atoms with Gasteiger partial charge in [0.05, 0.1) is 12.8 Å². The van der Waals surface area contributed by atoms with Gasteiger partial charge in [-0.1, -0.05) is 29.3 Å². The number of carbonyl (C=O) groups excluding carboxylic acids is 2. The van der Waals surface area contributed by atoms with Gasteiger partial charge in [0.2, 0.25) is 0 Å². The van der Waals surface area contributed by atoms with Crippen molar-refractivity contribution in [2.24, 2.45) is 5.10 Å². The van der Waals surface area contributed by atoms with Crippen molar-refractivity contribution in [2.75, 3.05) is 11.9 Å². The first-order chi connectivity index (χ1) is 12.0. The number of halogens is 2. The van der Waals surface area contributed by atoms with Gasteiger partial charge in [0, 0.05) is 21.3 Å². The molecule has 8 heteroatoms. The van der Waals surface area contributed by atoms with Gasteiger partial charge in [-0.05, 0) is 43.3 Å². The molecule has 0 aliphatic heterocycles. The smallest absolute Gasteiger partial charge is 0.329 e. The zero-order valence-electron chi connectivity index (χ0n) is 13.3. The van der Waals surface area contributed by atoms with Crippen molar-refractivity contribution < 1.29 is 14.3 Å². The van der Waals surface area contributed by atoms with Crippen LogP contribution in [0.25, 0.3) is 0 Å². The molecule has 2 aromatic rings. The Morgan fingerprint density at radius 1 is 1.12 bits per heavy atom. The minimum Gasteiger partial charge on any atom is -0.493 e. The predicted molar refractivity (Wildman–Crippen MR) is 98.4 cm³/mol. The van der Waals surface area contributed by atoms with Gasteiger partial charge >= 0.3 is 11.8 Å². The van der Waals surface area contributed by atoms with E-state index in [2.05, 4.69) is 15.8 Å². The van der Waals surface area contributed by atoms with Crippen LogP contribution in [0.2, 0.25) is 10.0 Å². The van der Waals surface area contributed by atoms with Crippen molar-refractivity contribution in [1.29, 1.82) is 0 Å². The van der Waals surface area contributed by atoms with E-state index in [-0.39, 0.29) is 0 Å². The van der Waals surface area contributed by atoms with Crippen molar-refractivity contribution in [2.45, 2.75) is 6.92 Å². The zero-order chi connectivity index (χ0) is 18.2. The van der Waals surface area contributed by atoms with E-state index in [1.54, 1.807) is 36.4 Å². The van der Waals surface area contributed by atoms with Crippen LogP contribution in [0.15, 0.2) is 47.6 Å². The van der Waals surface area contributed by atoms with Crippen LogP contribution in [0, 0.1) is 0 Å². The lowest BCUT2D eigenvalue weighted by atomic mass is 10.2. The van der Waals surface area contributed by atoms with Crippen molar-refractivity contribution in [3.05, 3.63) is 58.1 Å². The van der Waals surface area contributed by atoms with Crippen molar-refractivity contribution in [1.82, 2.24) is 5.43 Å². The monoisotopic (exact) mass is 379 g/mol. The van der Waals surface area contributed by atoms with E-state index in [0.717, 1.165) is 0 Å². The highest BCUT2D eigenvalue weighted by Crippen LogP contribution is 2.21. The van der Waals surface area contributed by atoms with Gasteiger partial charge in [0.25, 0.3) is 0 Å². The first-order valence-corrected chi connectivity index (χ1v) is 8.07. The Labute approximate surface area is 154 Å². The number of amides is 2. The van der Waals surface area contributed by atoms with Gasteiger partial charge in [0.15, 0.2) is 0 Å². The number of nitrogens with zero attached hydrogens (tertiary/aromatic N) is 1. The normalized spacial score (nSPS) is 10.5. The lowest BCUT2D eigenvalue weighted by molar-refractivity contribution is -0.136. The SMILES string of the molecule is CCOc1ccc(Cl)cc1/C=N\NC(=O)C(=O)Nc1cccc(Cl)c1. The van der Waals surface area contributed by atoms with Crippen molar-refractivity contribution >= 4 is 46.9 Å². The molecular formula is C17H15Cl2N3O3. The molecule has 0 aliphatic rings. The summed E-state index contributed by atoms with van der Waals surface area (Å²) in [7, 11) is 0. The molecule has 25 heavy (non-hydrogen) atoms. The van der Waals surface area contributed by atoms with Crippen LogP contribution in [0.5, 0.6) is 5.75 Å². The first-order valence-electron chi connectivity index (χ1n) is 7.32. The summed E-state index contributed by atoms with van der Waals surface area (Å²) in [5.74, 6) is -1.22. The number of nitrogens with one attached hydrogen (secondary N) is 2. The highest BCUT2D eigenvalue weighted by molar-refractivity contribution is 6.39. The summed E-state index contributed by atoms with van der Waals surface area (Å²) in [6.07, 6.45) is 1.35. The van der Waals surface area contributed by atoms with E-state index in [0.29, 0.717) is 33.7 Å². The fraction of sp³-hybridized carbons (Fsp3) is 0.118. The summed E-state index contributed by atoms with van der Waals surface area (Å²) in [5, 5.41) is 7.11. The van der Waals surface area contributed by atoms with Gasteiger partial charge in [-0.15, -0.1) is 0 Å². The minimum atomic E-state index is -0.920. The van der Waals surface area contributed by atoms with Crippen LogP contribution in [-0.2, 0) is 9.59 Å². The van der Waals surface area contributed by atoms with E-state index in [9.17, 15) is 9.59 Å². The van der Waals surface area contributed by atoms with Crippen molar-refractivity contribution in [3.63, 3.8) is 0 Å². The van der Waals surface area contributed by atoms with Gasteiger partial charge < -0.3 is 10.1 Å². The molecule has 0 saturated carbocycles. The second kappa shape index (κ2) is 9.05. The fourth-order valence-corrected chi connectivity index (χ4v) is 2.24. The number of carbonyl (C=O) groups is 2. The maximum Gasteiger partial charge on any atom is 0.329 e. The van der Waals surface area contributed by atoms with Crippen LogP contribution in [-0.4, -0.2) is 24.6 Å². The Bertz CT molecular complexity index is 809. The number of ether oxygens (including phenoxy) is 1. The van der Waals surface area contributed by atoms with Gasteiger partial charge in [-0.3, -0.25) is 9.59 Å². The van der Waals surface area contributed by atoms with E-state index in [1.165, 1.54) is 12.3 Å². The van der Waals surface area contributed by atoms with Crippen LogP contribution in [0.4, 0.5) is 5.69 Å².